The van der Waals surface area contributed by atoms with E-state index in [0.717, 1.165) is 11.4 Å². The quantitative estimate of drug-likeness (QED) is 0.872. The number of carbonyl (C=O) groups excluding carboxylic acids is 1. The highest BCUT2D eigenvalue weighted by Gasteiger charge is 2.08. The van der Waals surface area contributed by atoms with Gasteiger partial charge in [-0.15, -0.1) is 0 Å². The fourth-order valence-corrected chi connectivity index (χ4v) is 2.06. The molecule has 0 saturated carbocycles. The number of anilines is 2. The largest absolute Gasteiger partial charge is 0.497 e. The van der Waals surface area contributed by atoms with Gasteiger partial charge in [-0.05, 0) is 24.3 Å². The van der Waals surface area contributed by atoms with Crippen LogP contribution in [0.1, 0.15) is 0 Å². The Labute approximate surface area is 133 Å². The molecule has 2 aromatic carbocycles. The Bertz CT molecular complexity index is 647. The zero-order valence-corrected chi connectivity index (χ0v) is 12.8. The lowest BCUT2D eigenvalue weighted by atomic mass is 10.3. The molecule has 6 heteroatoms. The molecule has 0 bridgehead atoms. The molecule has 0 spiro atoms. The standard InChI is InChI=1S/C15H14Cl2N2O2/c1-21-11-5-2-4-10(8-11)18-9-14(20)19-13-7-3-6-12(16)15(13)17/h2-8,18H,9H2,1H3,(H,19,20). The minimum absolute atomic E-state index is 0.107. The summed E-state index contributed by atoms with van der Waals surface area (Å²) in [5, 5.41) is 6.43. The molecule has 2 N–H and O–H groups in total. The average Bonchev–Trinajstić information content (AvgIpc) is 2.50. The molecule has 2 aromatic rings. The predicted octanol–water partition coefficient (Wildman–Crippen LogP) is 4.05. The maximum Gasteiger partial charge on any atom is 0.243 e. The average molecular weight is 325 g/mol. The molecule has 21 heavy (non-hydrogen) atoms. The van der Waals surface area contributed by atoms with Crippen LogP contribution in [-0.4, -0.2) is 19.6 Å². The molecular weight excluding hydrogens is 311 g/mol. The van der Waals surface area contributed by atoms with E-state index in [2.05, 4.69) is 10.6 Å². The van der Waals surface area contributed by atoms with Crippen molar-refractivity contribution < 1.29 is 9.53 Å². The van der Waals surface area contributed by atoms with E-state index < -0.39 is 0 Å². The summed E-state index contributed by atoms with van der Waals surface area (Å²) in [5.74, 6) is 0.500. The molecule has 110 valence electrons. The molecule has 0 heterocycles. The summed E-state index contributed by atoms with van der Waals surface area (Å²) in [7, 11) is 1.59. The van der Waals surface area contributed by atoms with E-state index >= 15 is 0 Å². The fraction of sp³-hybridized carbons (Fsp3) is 0.133. The minimum atomic E-state index is -0.220. The summed E-state index contributed by atoms with van der Waals surface area (Å²) in [6, 6.07) is 12.4. The first kappa shape index (κ1) is 15.5. The van der Waals surface area contributed by atoms with Crippen molar-refractivity contribution in [2.24, 2.45) is 0 Å². The van der Waals surface area contributed by atoms with Gasteiger partial charge in [0, 0.05) is 11.8 Å². The van der Waals surface area contributed by atoms with Crippen molar-refractivity contribution in [1.29, 1.82) is 0 Å². The number of halogens is 2. The lowest BCUT2D eigenvalue weighted by Gasteiger charge is -2.10. The first-order valence-electron chi connectivity index (χ1n) is 6.22. The SMILES string of the molecule is COc1cccc(NCC(=O)Nc2cccc(Cl)c2Cl)c1. The van der Waals surface area contributed by atoms with Gasteiger partial charge in [0.15, 0.2) is 0 Å². The van der Waals surface area contributed by atoms with E-state index in [1.165, 1.54) is 0 Å². The summed E-state index contributed by atoms with van der Waals surface area (Å²) in [6.45, 7) is 0.107. The van der Waals surface area contributed by atoms with Gasteiger partial charge in [-0.25, -0.2) is 0 Å². The Hall–Kier alpha value is -1.91. The highest BCUT2D eigenvalue weighted by molar-refractivity contribution is 6.44. The summed E-state index contributed by atoms with van der Waals surface area (Å²) in [5.41, 5.74) is 1.28. The van der Waals surface area contributed by atoms with Crippen molar-refractivity contribution in [1.82, 2.24) is 0 Å². The summed E-state index contributed by atoms with van der Waals surface area (Å²) < 4.78 is 5.11. The van der Waals surface area contributed by atoms with Gasteiger partial charge in [0.25, 0.3) is 0 Å². The third kappa shape index (κ3) is 4.28. The maximum absolute atomic E-state index is 11.9. The van der Waals surface area contributed by atoms with Crippen molar-refractivity contribution >= 4 is 40.5 Å². The molecule has 4 nitrogen and oxygen atoms in total. The Morgan fingerprint density at radius 1 is 1.19 bits per heavy atom. The molecule has 0 aliphatic rings. The molecule has 0 fully saturated rings. The Balaban J connectivity index is 1.94. The predicted molar refractivity (Wildman–Crippen MR) is 86.6 cm³/mol. The summed E-state index contributed by atoms with van der Waals surface area (Å²) >= 11 is 11.9. The molecular formula is C15H14Cl2N2O2. The van der Waals surface area contributed by atoms with Crippen LogP contribution in [0, 0.1) is 0 Å². The van der Waals surface area contributed by atoms with Gasteiger partial charge in [0.2, 0.25) is 5.91 Å². The van der Waals surface area contributed by atoms with Crippen LogP contribution in [0.5, 0.6) is 5.75 Å². The topological polar surface area (TPSA) is 50.4 Å². The summed E-state index contributed by atoms with van der Waals surface area (Å²) in [4.78, 5) is 11.9. The van der Waals surface area contributed by atoms with E-state index in [0.29, 0.717) is 15.7 Å². The van der Waals surface area contributed by atoms with Crippen LogP contribution in [-0.2, 0) is 4.79 Å². The zero-order chi connectivity index (χ0) is 15.2. The first-order chi connectivity index (χ1) is 10.1. The van der Waals surface area contributed by atoms with Crippen molar-refractivity contribution in [3.8, 4) is 5.75 Å². The molecule has 0 aliphatic carbocycles. The third-order valence-electron chi connectivity index (χ3n) is 2.75. The lowest BCUT2D eigenvalue weighted by Crippen LogP contribution is -2.21. The summed E-state index contributed by atoms with van der Waals surface area (Å²) in [6.07, 6.45) is 0. The van der Waals surface area contributed by atoms with E-state index in [9.17, 15) is 4.79 Å². The second-order valence-electron chi connectivity index (χ2n) is 4.24. The second-order valence-corrected chi connectivity index (χ2v) is 5.02. The van der Waals surface area contributed by atoms with Crippen LogP contribution < -0.4 is 15.4 Å². The Morgan fingerprint density at radius 2 is 1.95 bits per heavy atom. The Morgan fingerprint density at radius 3 is 2.71 bits per heavy atom. The highest BCUT2D eigenvalue weighted by atomic mass is 35.5. The number of hydrogen-bond donors (Lipinski definition) is 2. The smallest absolute Gasteiger partial charge is 0.243 e. The molecule has 2 rings (SSSR count). The normalized spacial score (nSPS) is 10.0. The number of rotatable bonds is 5. The van der Waals surface area contributed by atoms with Crippen molar-refractivity contribution in [3.05, 3.63) is 52.5 Å². The van der Waals surface area contributed by atoms with Gasteiger partial charge in [-0.3, -0.25) is 4.79 Å². The van der Waals surface area contributed by atoms with Gasteiger partial charge >= 0.3 is 0 Å². The number of hydrogen-bond acceptors (Lipinski definition) is 3. The van der Waals surface area contributed by atoms with Gasteiger partial charge in [0.1, 0.15) is 5.75 Å². The van der Waals surface area contributed by atoms with E-state index in [1.54, 1.807) is 31.4 Å². The van der Waals surface area contributed by atoms with E-state index in [1.807, 2.05) is 18.2 Å². The zero-order valence-electron chi connectivity index (χ0n) is 11.3. The third-order valence-corrected chi connectivity index (χ3v) is 3.57. The molecule has 0 atom stereocenters. The number of carbonyl (C=O) groups is 1. The van der Waals surface area contributed by atoms with Crippen LogP contribution in [0.25, 0.3) is 0 Å². The molecule has 0 unspecified atom stereocenters. The van der Waals surface area contributed by atoms with Crippen molar-refractivity contribution in [3.63, 3.8) is 0 Å². The Kier molecular flexibility index (Phi) is 5.31. The highest BCUT2D eigenvalue weighted by Crippen LogP contribution is 2.29. The van der Waals surface area contributed by atoms with Crippen LogP contribution in [0.2, 0.25) is 10.0 Å². The van der Waals surface area contributed by atoms with Gasteiger partial charge in [-0.2, -0.15) is 0 Å². The number of nitrogens with one attached hydrogen (secondary N) is 2. The van der Waals surface area contributed by atoms with Crippen molar-refractivity contribution in [2.75, 3.05) is 24.3 Å². The van der Waals surface area contributed by atoms with E-state index in [-0.39, 0.29) is 12.5 Å². The number of methoxy groups -OCH3 is 1. The molecule has 0 aliphatic heterocycles. The monoisotopic (exact) mass is 324 g/mol. The number of benzene rings is 2. The molecule has 0 aromatic heterocycles. The van der Waals surface area contributed by atoms with Crippen molar-refractivity contribution in [2.45, 2.75) is 0 Å². The molecule has 0 saturated heterocycles. The molecule has 1 amide bonds. The lowest BCUT2D eigenvalue weighted by molar-refractivity contribution is -0.114. The fourth-order valence-electron chi connectivity index (χ4n) is 1.71. The van der Waals surface area contributed by atoms with Gasteiger partial charge in [0.05, 0.1) is 29.4 Å². The first-order valence-corrected chi connectivity index (χ1v) is 6.97. The van der Waals surface area contributed by atoms with Gasteiger partial charge in [-0.1, -0.05) is 35.3 Å². The maximum atomic E-state index is 11.9. The van der Waals surface area contributed by atoms with Crippen LogP contribution in [0.3, 0.4) is 0 Å². The van der Waals surface area contributed by atoms with Crippen LogP contribution >= 0.6 is 23.2 Å². The molecule has 0 radical (unpaired) electrons. The number of amides is 1. The van der Waals surface area contributed by atoms with E-state index in [4.69, 9.17) is 27.9 Å². The van der Waals surface area contributed by atoms with Crippen LogP contribution in [0.4, 0.5) is 11.4 Å². The van der Waals surface area contributed by atoms with Crippen LogP contribution in [0.15, 0.2) is 42.5 Å². The number of ether oxygens (including phenoxy) is 1. The minimum Gasteiger partial charge on any atom is -0.497 e. The second kappa shape index (κ2) is 7.20. The van der Waals surface area contributed by atoms with Gasteiger partial charge < -0.3 is 15.4 Å².